The molecule has 0 radical (unpaired) electrons. The van der Waals surface area contributed by atoms with Crippen LogP contribution in [0.15, 0.2) is 18.5 Å². The lowest BCUT2D eigenvalue weighted by atomic mass is 10.2. The van der Waals surface area contributed by atoms with Crippen molar-refractivity contribution >= 4 is 62.0 Å². The van der Waals surface area contributed by atoms with Gasteiger partial charge in [0.05, 0.1) is 28.6 Å². The molecule has 0 aliphatic carbocycles. The summed E-state index contributed by atoms with van der Waals surface area (Å²) < 4.78 is 1.80. The highest BCUT2D eigenvalue weighted by Gasteiger charge is 2.11. The predicted octanol–water partition coefficient (Wildman–Crippen LogP) is 1.67. The van der Waals surface area contributed by atoms with Crippen molar-refractivity contribution in [3.63, 3.8) is 0 Å². The van der Waals surface area contributed by atoms with E-state index in [0.29, 0.717) is 22.7 Å². The Bertz CT molecular complexity index is 583. The minimum atomic E-state index is 0.465. The van der Waals surface area contributed by atoms with Crippen molar-refractivity contribution in [1.82, 2.24) is 14.5 Å². The average molecular weight is 380 g/mol. The normalized spacial score (nSPS) is 12.9. The predicted molar refractivity (Wildman–Crippen MR) is 83.6 cm³/mol. The Hall–Kier alpha value is -0.570. The molecule has 0 amide bonds. The second-order valence-electron chi connectivity index (χ2n) is 3.12. The zero-order valence-electron chi connectivity index (χ0n) is 8.59. The Morgan fingerprint density at radius 3 is 2.94 bits per heavy atom. The maximum Gasteiger partial charge on any atom is 0.164 e. The Labute approximate surface area is 117 Å². The van der Waals surface area contributed by atoms with Crippen molar-refractivity contribution in [1.29, 1.82) is 0 Å². The van der Waals surface area contributed by atoms with Crippen LogP contribution in [0.2, 0.25) is 0 Å². The van der Waals surface area contributed by atoms with Crippen LogP contribution in [0.25, 0.3) is 15.9 Å². The number of hydrogen-bond acceptors (Lipinski definition) is 6. The second-order valence-corrected chi connectivity index (χ2v) is 5.84. The fourth-order valence-electron chi connectivity index (χ4n) is 1.40. The summed E-state index contributed by atoms with van der Waals surface area (Å²) in [6, 6.07) is 1.75. The first-order valence-electron chi connectivity index (χ1n) is 4.51. The summed E-state index contributed by atoms with van der Waals surface area (Å²) in [7, 11) is 0. The quantitative estimate of drug-likeness (QED) is 0.425. The van der Waals surface area contributed by atoms with Crippen molar-refractivity contribution in [2.24, 2.45) is 10.9 Å². The van der Waals surface area contributed by atoms with E-state index in [2.05, 4.69) is 32.1 Å². The first-order chi connectivity index (χ1) is 8.21. The van der Waals surface area contributed by atoms with Gasteiger partial charge in [-0.25, -0.2) is 9.44 Å². The van der Waals surface area contributed by atoms with Crippen molar-refractivity contribution < 1.29 is 0 Å². The van der Waals surface area contributed by atoms with Crippen molar-refractivity contribution in [2.75, 3.05) is 5.73 Å². The molecule has 0 aromatic carbocycles. The molecule has 2 heterocycles. The summed E-state index contributed by atoms with van der Waals surface area (Å²) in [5.74, 6) is 0. The number of fused-ring (bicyclic) bond motifs is 1. The molecular weight excluding hydrogens is 370 g/mol. The summed E-state index contributed by atoms with van der Waals surface area (Å²) in [5, 5.41) is 10.6. The van der Waals surface area contributed by atoms with Gasteiger partial charge < -0.3 is 11.5 Å². The first-order valence-corrected chi connectivity index (χ1v) is 9.45. The van der Waals surface area contributed by atoms with Crippen LogP contribution in [0.1, 0.15) is 5.69 Å². The molecule has 2 aromatic heterocycles. The molecule has 0 aliphatic rings. The highest BCUT2D eigenvalue weighted by molar-refractivity contribution is 14.2. The van der Waals surface area contributed by atoms with E-state index in [9.17, 15) is 0 Å². The molecule has 0 spiro atoms. The average Bonchev–Trinajstić information content (AvgIpc) is 2.74. The highest BCUT2D eigenvalue weighted by Crippen LogP contribution is 2.32. The molecule has 6 N–H and O–H groups in total. The van der Waals surface area contributed by atoms with E-state index in [4.69, 9.17) is 16.6 Å². The molecule has 0 aliphatic heterocycles. The zero-order valence-corrected chi connectivity index (χ0v) is 12.6. The lowest BCUT2D eigenvalue weighted by Crippen LogP contribution is -1.98. The maximum absolute atomic E-state index is 5.96. The number of anilines is 1. The third-order valence-corrected chi connectivity index (χ3v) is 4.64. The molecule has 1 unspecified atom stereocenters. The number of pyridine rings is 1. The Morgan fingerprint density at radius 2 is 2.35 bits per heavy atom. The molecule has 2 rings (SSSR count). The van der Waals surface area contributed by atoms with E-state index < -0.39 is 0 Å². The van der Waals surface area contributed by atoms with Gasteiger partial charge in [0.1, 0.15) is 0 Å². The molecule has 0 saturated heterocycles. The number of nitrogen functional groups attached to an aromatic ring is 1. The van der Waals surface area contributed by atoms with Gasteiger partial charge in [0, 0.05) is 11.9 Å². The minimum Gasteiger partial charge on any atom is -0.404 e. The van der Waals surface area contributed by atoms with Crippen molar-refractivity contribution in [3.05, 3.63) is 24.2 Å². The summed E-state index contributed by atoms with van der Waals surface area (Å²) >= 11 is 3.28. The number of nitrogens with zero attached hydrogens (tertiary/aromatic N) is 3. The zero-order chi connectivity index (χ0) is 12.4. The van der Waals surface area contributed by atoms with Crippen molar-refractivity contribution in [2.45, 2.75) is 0 Å². The van der Waals surface area contributed by atoms with Crippen LogP contribution in [-0.4, -0.2) is 14.5 Å². The van der Waals surface area contributed by atoms with Crippen LogP contribution >= 0.6 is 40.4 Å². The number of aromatic nitrogens is 3. The van der Waals surface area contributed by atoms with Gasteiger partial charge in [-0.3, -0.25) is 5.14 Å². The standard InChI is InChI=1S/C8H10IN6PS/c9-16-15-8-4(3-13-15)5(11)1-6(14-8)7(2-10)17-12/h1-3,16H,10,12H2,(H2,11,14)/b7-2-. The van der Waals surface area contributed by atoms with Gasteiger partial charge in [-0.2, -0.15) is 5.10 Å². The highest BCUT2D eigenvalue weighted by atomic mass is 127. The van der Waals surface area contributed by atoms with Crippen LogP contribution in [-0.2, 0) is 0 Å². The van der Waals surface area contributed by atoms with E-state index in [1.165, 1.54) is 6.20 Å². The van der Waals surface area contributed by atoms with Gasteiger partial charge in [-0.15, -0.1) is 0 Å². The van der Waals surface area contributed by atoms with Crippen LogP contribution in [0.3, 0.4) is 0 Å². The van der Waals surface area contributed by atoms with E-state index in [-0.39, 0.29) is 0 Å². The summed E-state index contributed by atoms with van der Waals surface area (Å²) in [5.41, 5.74) is 13.5. The van der Waals surface area contributed by atoms with E-state index in [0.717, 1.165) is 23.0 Å². The van der Waals surface area contributed by atoms with Gasteiger partial charge in [0.25, 0.3) is 0 Å². The molecule has 17 heavy (non-hydrogen) atoms. The third-order valence-electron chi connectivity index (χ3n) is 2.18. The SMILES string of the molecule is N/C=C(\SN)c1cc(N)c2cnn(PI)c2n1. The lowest BCUT2D eigenvalue weighted by molar-refractivity contribution is 1.02. The molecule has 9 heteroatoms. The van der Waals surface area contributed by atoms with Crippen LogP contribution in [0.5, 0.6) is 0 Å². The van der Waals surface area contributed by atoms with Crippen LogP contribution < -0.4 is 16.6 Å². The number of hydrogen-bond donors (Lipinski definition) is 3. The summed E-state index contributed by atoms with van der Waals surface area (Å²) in [6.07, 6.45) is 3.60. The monoisotopic (exact) mass is 380 g/mol. The number of nitrogens with two attached hydrogens (primary N) is 3. The molecule has 0 saturated carbocycles. The smallest absolute Gasteiger partial charge is 0.164 e. The number of halogens is 1. The Balaban J connectivity index is 2.68. The lowest BCUT2D eigenvalue weighted by Gasteiger charge is -2.05. The molecule has 0 fully saturated rings. The van der Waals surface area contributed by atoms with E-state index in [1.54, 1.807) is 16.7 Å². The number of rotatable bonds is 3. The molecule has 0 bridgehead atoms. The molecule has 90 valence electrons. The molecule has 2 aromatic rings. The third kappa shape index (κ3) is 2.35. The minimum absolute atomic E-state index is 0.465. The van der Waals surface area contributed by atoms with Gasteiger partial charge in [0.15, 0.2) is 5.65 Å². The van der Waals surface area contributed by atoms with Crippen LogP contribution in [0, 0.1) is 0 Å². The second kappa shape index (κ2) is 5.38. The first kappa shape index (κ1) is 12.9. The van der Waals surface area contributed by atoms with Crippen molar-refractivity contribution in [3.8, 4) is 0 Å². The van der Waals surface area contributed by atoms with Gasteiger partial charge in [0.2, 0.25) is 0 Å². The summed E-state index contributed by atoms with van der Waals surface area (Å²) in [6.45, 7) is 0. The molecule has 6 nitrogen and oxygen atoms in total. The fraction of sp³-hybridized carbons (Fsp3) is 0. The molecule has 1 atom stereocenters. The summed E-state index contributed by atoms with van der Waals surface area (Å²) in [4.78, 5) is 5.17. The van der Waals surface area contributed by atoms with Gasteiger partial charge in [-0.1, -0.05) is 0 Å². The van der Waals surface area contributed by atoms with Gasteiger partial charge in [-0.05, 0) is 40.1 Å². The van der Waals surface area contributed by atoms with E-state index >= 15 is 0 Å². The largest absolute Gasteiger partial charge is 0.404 e. The fourth-order valence-corrected chi connectivity index (χ4v) is 3.11. The van der Waals surface area contributed by atoms with E-state index in [1.807, 2.05) is 0 Å². The van der Waals surface area contributed by atoms with Gasteiger partial charge >= 0.3 is 0 Å². The van der Waals surface area contributed by atoms with Crippen LogP contribution in [0.4, 0.5) is 5.69 Å². The maximum atomic E-state index is 5.96. The molecular formula is C8H10IN6PS. The Morgan fingerprint density at radius 1 is 1.59 bits per heavy atom. The topological polar surface area (TPSA) is 109 Å². The Kier molecular flexibility index (Phi) is 4.08.